The van der Waals surface area contributed by atoms with E-state index in [0.717, 1.165) is 23.5 Å². The Kier molecular flexibility index (Phi) is 4.17. The van der Waals surface area contributed by atoms with E-state index in [2.05, 4.69) is 6.08 Å². The van der Waals surface area contributed by atoms with Gasteiger partial charge in [-0.2, -0.15) is 11.8 Å². The lowest BCUT2D eigenvalue weighted by atomic mass is 10.0. The third-order valence-electron chi connectivity index (χ3n) is 3.65. The first kappa shape index (κ1) is 14.4. The van der Waals surface area contributed by atoms with E-state index in [-0.39, 0.29) is 19.0 Å². The van der Waals surface area contributed by atoms with E-state index in [4.69, 9.17) is 9.84 Å². The maximum absolute atomic E-state index is 14.3. The minimum atomic E-state index is -0.547. The molecule has 1 fully saturated rings. The second kappa shape index (κ2) is 6.07. The van der Waals surface area contributed by atoms with Crippen molar-refractivity contribution in [3.05, 3.63) is 35.7 Å². The molecule has 0 saturated carbocycles. The summed E-state index contributed by atoms with van der Waals surface area (Å²) in [6.45, 7) is 0.0147. The van der Waals surface area contributed by atoms with Crippen molar-refractivity contribution in [1.82, 2.24) is 0 Å². The minimum absolute atomic E-state index is 0.229. The van der Waals surface area contributed by atoms with Crippen LogP contribution in [-0.2, 0) is 4.74 Å². The second-order valence-electron chi connectivity index (χ2n) is 5.02. The molecular formula is C15H16FNO3S. The van der Waals surface area contributed by atoms with E-state index in [1.807, 2.05) is 11.8 Å². The van der Waals surface area contributed by atoms with Crippen molar-refractivity contribution in [1.29, 1.82) is 0 Å². The summed E-state index contributed by atoms with van der Waals surface area (Å²) in [7, 11) is 0. The van der Waals surface area contributed by atoms with Gasteiger partial charge in [0.1, 0.15) is 11.9 Å². The molecule has 0 spiro atoms. The van der Waals surface area contributed by atoms with Gasteiger partial charge in [0.05, 0.1) is 18.8 Å². The Morgan fingerprint density at radius 1 is 1.48 bits per heavy atom. The number of allylic oxidation sites excluding steroid dienone is 1. The van der Waals surface area contributed by atoms with Crippen LogP contribution in [0.1, 0.15) is 12.0 Å². The van der Waals surface area contributed by atoms with Crippen LogP contribution in [0.25, 0.3) is 5.57 Å². The van der Waals surface area contributed by atoms with E-state index in [1.54, 1.807) is 12.1 Å². The van der Waals surface area contributed by atoms with E-state index in [1.165, 1.54) is 11.0 Å². The zero-order valence-electron chi connectivity index (χ0n) is 11.4. The normalized spacial score (nSPS) is 22.2. The molecule has 0 aliphatic carbocycles. The molecule has 0 radical (unpaired) electrons. The molecule has 1 amide bonds. The van der Waals surface area contributed by atoms with Crippen molar-refractivity contribution in [2.24, 2.45) is 0 Å². The molecule has 1 atom stereocenters. The van der Waals surface area contributed by atoms with Crippen LogP contribution in [0.2, 0.25) is 0 Å². The maximum atomic E-state index is 14.3. The highest BCUT2D eigenvalue weighted by Crippen LogP contribution is 2.31. The summed E-state index contributed by atoms with van der Waals surface area (Å²) in [6.07, 6.45) is 1.82. The van der Waals surface area contributed by atoms with Gasteiger partial charge < -0.3 is 9.84 Å². The van der Waals surface area contributed by atoms with Crippen LogP contribution in [0, 0.1) is 5.82 Å². The van der Waals surface area contributed by atoms with Gasteiger partial charge in [0.15, 0.2) is 0 Å². The molecule has 21 heavy (non-hydrogen) atoms. The third kappa shape index (κ3) is 2.91. The van der Waals surface area contributed by atoms with Crippen LogP contribution >= 0.6 is 11.8 Å². The number of hydrogen-bond acceptors (Lipinski definition) is 4. The van der Waals surface area contributed by atoms with Crippen molar-refractivity contribution < 1.29 is 19.0 Å². The predicted molar refractivity (Wildman–Crippen MR) is 81.0 cm³/mol. The van der Waals surface area contributed by atoms with Crippen LogP contribution in [0.5, 0.6) is 0 Å². The summed E-state index contributed by atoms with van der Waals surface area (Å²) in [6, 6.07) is 4.80. The number of aliphatic hydroxyl groups excluding tert-OH is 1. The molecule has 3 rings (SSSR count). The van der Waals surface area contributed by atoms with Crippen LogP contribution in [-0.4, -0.2) is 42.0 Å². The summed E-state index contributed by atoms with van der Waals surface area (Å²) >= 11 is 1.83. The van der Waals surface area contributed by atoms with Gasteiger partial charge >= 0.3 is 6.09 Å². The molecule has 1 unspecified atom stereocenters. The monoisotopic (exact) mass is 309 g/mol. The van der Waals surface area contributed by atoms with Gasteiger partial charge in [-0.15, -0.1) is 0 Å². The zero-order valence-corrected chi connectivity index (χ0v) is 12.2. The summed E-state index contributed by atoms with van der Waals surface area (Å²) in [5.41, 5.74) is 2.09. The first-order valence-electron chi connectivity index (χ1n) is 6.84. The van der Waals surface area contributed by atoms with E-state index in [0.29, 0.717) is 11.3 Å². The Morgan fingerprint density at radius 3 is 2.95 bits per heavy atom. The van der Waals surface area contributed by atoms with Gasteiger partial charge in [-0.25, -0.2) is 9.18 Å². The Bertz CT molecular complexity index is 590. The van der Waals surface area contributed by atoms with Crippen molar-refractivity contribution in [2.75, 3.05) is 29.6 Å². The van der Waals surface area contributed by atoms with Crippen LogP contribution in [0.15, 0.2) is 24.3 Å². The molecule has 1 aromatic rings. The molecule has 0 aromatic heterocycles. The highest BCUT2D eigenvalue weighted by atomic mass is 32.2. The number of rotatable bonds is 3. The highest BCUT2D eigenvalue weighted by Gasteiger charge is 2.32. The Morgan fingerprint density at radius 2 is 2.33 bits per heavy atom. The molecule has 2 aliphatic rings. The Hall–Kier alpha value is -1.53. The number of aliphatic hydroxyl groups is 1. The largest absolute Gasteiger partial charge is 0.441 e. The number of thioether (sulfide) groups is 1. The van der Waals surface area contributed by atoms with Gasteiger partial charge in [-0.3, -0.25) is 4.90 Å². The van der Waals surface area contributed by atoms with Gasteiger partial charge in [-0.1, -0.05) is 6.08 Å². The molecule has 4 nitrogen and oxygen atoms in total. The maximum Gasteiger partial charge on any atom is 0.414 e. The number of nitrogens with zero attached hydrogens (tertiary/aromatic N) is 1. The summed E-state index contributed by atoms with van der Waals surface area (Å²) in [5.74, 6) is 1.59. The Labute approximate surface area is 126 Å². The first-order valence-corrected chi connectivity index (χ1v) is 8.00. The fourth-order valence-electron chi connectivity index (χ4n) is 2.53. The first-order chi connectivity index (χ1) is 10.2. The topological polar surface area (TPSA) is 49.8 Å². The van der Waals surface area contributed by atoms with Crippen molar-refractivity contribution in [3.63, 3.8) is 0 Å². The number of halogens is 1. The number of ether oxygens (including phenoxy) is 1. The smallest absolute Gasteiger partial charge is 0.414 e. The van der Waals surface area contributed by atoms with Crippen molar-refractivity contribution in [2.45, 2.75) is 12.5 Å². The lowest BCUT2D eigenvalue weighted by molar-refractivity contribution is 0.0963. The average Bonchev–Trinajstić information content (AvgIpc) is 2.89. The molecule has 1 aromatic carbocycles. The zero-order chi connectivity index (χ0) is 14.8. The molecule has 2 aliphatic heterocycles. The number of amides is 1. The molecular weight excluding hydrogens is 293 g/mol. The number of carbonyl (C=O) groups is 1. The lowest BCUT2D eigenvalue weighted by Crippen LogP contribution is -2.25. The van der Waals surface area contributed by atoms with E-state index in [9.17, 15) is 9.18 Å². The number of carbonyl (C=O) groups excluding carboxylic acids is 1. The minimum Gasteiger partial charge on any atom is -0.441 e. The number of benzene rings is 1. The molecule has 6 heteroatoms. The SMILES string of the molecule is O=C1OC(CO)CN1c1ccc(C2=CCSCC2)c(F)c1. The summed E-state index contributed by atoms with van der Waals surface area (Å²) in [4.78, 5) is 13.0. The average molecular weight is 309 g/mol. The van der Waals surface area contributed by atoms with Gasteiger partial charge in [0, 0.05) is 11.3 Å². The number of anilines is 1. The number of hydrogen-bond donors (Lipinski definition) is 1. The van der Waals surface area contributed by atoms with Gasteiger partial charge in [-0.05, 0) is 35.9 Å². The number of cyclic esters (lactones) is 1. The fourth-order valence-corrected chi connectivity index (χ4v) is 3.38. The molecule has 1 N–H and O–H groups in total. The fraction of sp³-hybridized carbons (Fsp3) is 0.400. The summed E-state index contributed by atoms with van der Waals surface area (Å²) < 4.78 is 19.3. The van der Waals surface area contributed by atoms with Crippen LogP contribution in [0.4, 0.5) is 14.9 Å². The second-order valence-corrected chi connectivity index (χ2v) is 6.17. The predicted octanol–water partition coefficient (Wildman–Crippen LogP) is 2.66. The molecule has 112 valence electrons. The van der Waals surface area contributed by atoms with Crippen molar-refractivity contribution >= 4 is 29.1 Å². The van der Waals surface area contributed by atoms with Gasteiger partial charge in [0.25, 0.3) is 0 Å². The molecule has 0 bridgehead atoms. The van der Waals surface area contributed by atoms with Crippen molar-refractivity contribution in [3.8, 4) is 0 Å². The van der Waals surface area contributed by atoms with E-state index < -0.39 is 12.2 Å². The Balaban J connectivity index is 1.84. The highest BCUT2D eigenvalue weighted by molar-refractivity contribution is 7.99. The van der Waals surface area contributed by atoms with Crippen LogP contribution < -0.4 is 4.90 Å². The quantitative estimate of drug-likeness (QED) is 0.932. The lowest BCUT2D eigenvalue weighted by Gasteiger charge is -2.17. The summed E-state index contributed by atoms with van der Waals surface area (Å²) in [5, 5.41) is 9.03. The van der Waals surface area contributed by atoms with Crippen LogP contribution in [0.3, 0.4) is 0 Å². The molecule has 2 heterocycles. The molecule has 1 saturated heterocycles. The van der Waals surface area contributed by atoms with E-state index >= 15 is 0 Å². The van der Waals surface area contributed by atoms with Gasteiger partial charge in [0.2, 0.25) is 0 Å². The third-order valence-corrected chi connectivity index (χ3v) is 4.55. The standard InChI is InChI=1S/C15H16FNO3S/c16-14-7-11(17-8-12(9-18)20-15(17)19)1-2-13(14)10-3-5-21-6-4-10/h1-3,7,12,18H,4-6,8-9H2.